The van der Waals surface area contributed by atoms with Crippen molar-refractivity contribution in [1.29, 1.82) is 0 Å². The number of nitrogens with zero attached hydrogens (tertiary/aromatic N) is 2. The van der Waals surface area contributed by atoms with Gasteiger partial charge in [-0.25, -0.2) is 8.42 Å². The van der Waals surface area contributed by atoms with Crippen LogP contribution in [0.1, 0.15) is 19.3 Å². The first-order chi connectivity index (χ1) is 11.1. The van der Waals surface area contributed by atoms with Crippen LogP contribution in [0.3, 0.4) is 0 Å². The largest absolute Gasteiger partial charge is 0.377 e. The van der Waals surface area contributed by atoms with Gasteiger partial charge in [0.05, 0.1) is 11.0 Å². The van der Waals surface area contributed by atoms with Gasteiger partial charge in [-0.15, -0.1) is 0 Å². The molecule has 2 fully saturated rings. The van der Waals surface area contributed by atoms with Crippen LogP contribution in [0.25, 0.3) is 0 Å². The van der Waals surface area contributed by atoms with E-state index in [4.69, 9.17) is 4.74 Å². The second kappa shape index (κ2) is 7.61. The zero-order valence-corrected chi connectivity index (χ0v) is 15.6. The maximum absolute atomic E-state index is 12.7. The average molecular weight is 403 g/mol. The van der Waals surface area contributed by atoms with E-state index < -0.39 is 10.0 Å². The SMILES string of the molecule is O=S(=O)(c1ccc(Br)cc1)N1CCN(C[C@H]2CCCCO2)CC1. The molecule has 0 N–H and O–H groups in total. The summed E-state index contributed by atoms with van der Waals surface area (Å²) >= 11 is 3.34. The molecular formula is C16H23BrN2O3S. The third-order valence-corrected chi connectivity index (χ3v) is 6.96. The Kier molecular flexibility index (Phi) is 5.74. The number of piperazine rings is 1. The number of benzene rings is 1. The molecule has 2 aliphatic heterocycles. The van der Waals surface area contributed by atoms with Crippen molar-refractivity contribution in [3.8, 4) is 0 Å². The van der Waals surface area contributed by atoms with Gasteiger partial charge < -0.3 is 4.74 Å². The Morgan fingerprint density at radius 3 is 2.39 bits per heavy atom. The summed E-state index contributed by atoms with van der Waals surface area (Å²) in [5, 5.41) is 0. The summed E-state index contributed by atoms with van der Waals surface area (Å²) in [4.78, 5) is 2.69. The highest BCUT2D eigenvalue weighted by atomic mass is 79.9. The second-order valence-electron chi connectivity index (χ2n) is 6.15. The topological polar surface area (TPSA) is 49.9 Å². The van der Waals surface area contributed by atoms with Gasteiger partial charge in [0.2, 0.25) is 10.0 Å². The monoisotopic (exact) mass is 402 g/mol. The molecule has 1 aromatic carbocycles. The van der Waals surface area contributed by atoms with Crippen LogP contribution in [-0.4, -0.2) is 63.1 Å². The fourth-order valence-electron chi connectivity index (χ4n) is 3.15. The molecule has 0 aliphatic carbocycles. The summed E-state index contributed by atoms with van der Waals surface area (Å²) in [5.74, 6) is 0. The van der Waals surface area contributed by atoms with E-state index in [2.05, 4.69) is 20.8 Å². The standard InChI is InChI=1S/C16H23BrN2O3S/c17-14-4-6-16(7-5-14)23(20,21)19-10-8-18(9-11-19)13-15-3-1-2-12-22-15/h4-7,15H,1-3,8-13H2/t15-/m1/s1. The molecule has 23 heavy (non-hydrogen) atoms. The van der Waals surface area contributed by atoms with Gasteiger partial charge in [-0.3, -0.25) is 4.90 Å². The molecule has 0 amide bonds. The molecule has 0 radical (unpaired) electrons. The number of halogens is 1. The van der Waals surface area contributed by atoms with E-state index in [1.807, 2.05) is 0 Å². The predicted octanol–water partition coefficient (Wildman–Crippen LogP) is 2.32. The lowest BCUT2D eigenvalue weighted by Gasteiger charge is -2.36. The van der Waals surface area contributed by atoms with Crippen molar-refractivity contribution in [2.45, 2.75) is 30.3 Å². The smallest absolute Gasteiger partial charge is 0.243 e. The van der Waals surface area contributed by atoms with E-state index in [0.717, 1.165) is 43.6 Å². The summed E-state index contributed by atoms with van der Waals surface area (Å²) in [6.45, 7) is 4.43. The minimum absolute atomic E-state index is 0.318. The van der Waals surface area contributed by atoms with E-state index in [-0.39, 0.29) is 0 Å². The number of sulfonamides is 1. The predicted molar refractivity (Wildman–Crippen MR) is 92.9 cm³/mol. The molecule has 3 rings (SSSR count). The third-order valence-electron chi connectivity index (χ3n) is 4.52. The van der Waals surface area contributed by atoms with Crippen molar-refractivity contribution in [1.82, 2.24) is 9.21 Å². The first-order valence-electron chi connectivity index (χ1n) is 8.15. The average Bonchev–Trinajstić information content (AvgIpc) is 2.57. The molecule has 5 nitrogen and oxygen atoms in total. The molecular weight excluding hydrogens is 380 g/mol. The number of rotatable bonds is 4. The fraction of sp³-hybridized carbons (Fsp3) is 0.625. The lowest BCUT2D eigenvalue weighted by molar-refractivity contribution is -0.0103. The highest BCUT2D eigenvalue weighted by Gasteiger charge is 2.29. The molecule has 1 aromatic rings. The Morgan fingerprint density at radius 2 is 1.78 bits per heavy atom. The van der Waals surface area contributed by atoms with Gasteiger partial charge in [0, 0.05) is 43.8 Å². The van der Waals surface area contributed by atoms with Crippen molar-refractivity contribution >= 4 is 26.0 Å². The van der Waals surface area contributed by atoms with Crippen LogP contribution in [-0.2, 0) is 14.8 Å². The zero-order valence-electron chi connectivity index (χ0n) is 13.2. The Hall–Kier alpha value is -0.470. The van der Waals surface area contributed by atoms with Crippen LogP contribution in [0, 0.1) is 0 Å². The van der Waals surface area contributed by atoms with Gasteiger partial charge in [-0.1, -0.05) is 15.9 Å². The van der Waals surface area contributed by atoms with Crippen LogP contribution in [0.2, 0.25) is 0 Å². The highest BCUT2D eigenvalue weighted by Crippen LogP contribution is 2.21. The molecule has 0 saturated carbocycles. The van der Waals surface area contributed by atoms with Gasteiger partial charge in [-0.2, -0.15) is 4.31 Å². The fourth-order valence-corrected chi connectivity index (χ4v) is 4.83. The molecule has 2 aliphatic rings. The number of hydrogen-bond donors (Lipinski definition) is 0. The first-order valence-corrected chi connectivity index (χ1v) is 10.4. The lowest BCUT2D eigenvalue weighted by atomic mass is 10.1. The van der Waals surface area contributed by atoms with Crippen LogP contribution >= 0.6 is 15.9 Å². The van der Waals surface area contributed by atoms with Crippen molar-refractivity contribution in [2.24, 2.45) is 0 Å². The molecule has 0 spiro atoms. The number of ether oxygens (including phenoxy) is 1. The lowest BCUT2D eigenvalue weighted by Crippen LogP contribution is -2.50. The van der Waals surface area contributed by atoms with E-state index in [0.29, 0.717) is 24.1 Å². The van der Waals surface area contributed by atoms with Crippen molar-refractivity contribution in [2.75, 3.05) is 39.3 Å². The van der Waals surface area contributed by atoms with Crippen molar-refractivity contribution in [3.63, 3.8) is 0 Å². The number of hydrogen-bond acceptors (Lipinski definition) is 4. The van der Waals surface area contributed by atoms with E-state index in [1.165, 1.54) is 6.42 Å². The van der Waals surface area contributed by atoms with E-state index >= 15 is 0 Å². The van der Waals surface area contributed by atoms with Crippen LogP contribution < -0.4 is 0 Å². The first kappa shape index (κ1) is 17.4. The second-order valence-corrected chi connectivity index (χ2v) is 9.00. The van der Waals surface area contributed by atoms with Gasteiger partial charge in [0.15, 0.2) is 0 Å². The minimum Gasteiger partial charge on any atom is -0.377 e. The highest BCUT2D eigenvalue weighted by molar-refractivity contribution is 9.10. The Bertz CT molecular complexity index is 607. The minimum atomic E-state index is -3.38. The van der Waals surface area contributed by atoms with Crippen LogP contribution in [0.15, 0.2) is 33.6 Å². The van der Waals surface area contributed by atoms with Crippen molar-refractivity contribution in [3.05, 3.63) is 28.7 Å². The summed E-state index contributed by atoms with van der Waals surface area (Å²) in [6, 6.07) is 6.84. The quantitative estimate of drug-likeness (QED) is 0.775. The Labute approximate surface area is 146 Å². The molecule has 7 heteroatoms. The van der Waals surface area contributed by atoms with Crippen LogP contribution in [0.5, 0.6) is 0 Å². The maximum atomic E-state index is 12.7. The Balaban J connectivity index is 1.56. The van der Waals surface area contributed by atoms with Gasteiger partial charge >= 0.3 is 0 Å². The van der Waals surface area contributed by atoms with Crippen LogP contribution in [0.4, 0.5) is 0 Å². The molecule has 2 heterocycles. The molecule has 128 valence electrons. The van der Waals surface area contributed by atoms with E-state index in [1.54, 1.807) is 28.6 Å². The summed E-state index contributed by atoms with van der Waals surface area (Å²) in [5.41, 5.74) is 0. The third kappa shape index (κ3) is 4.33. The van der Waals surface area contributed by atoms with Crippen molar-refractivity contribution < 1.29 is 13.2 Å². The zero-order chi connectivity index (χ0) is 16.3. The van der Waals surface area contributed by atoms with Gasteiger partial charge in [0.1, 0.15) is 0 Å². The summed E-state index contributed by atoms with van der Waals surface area (Å²) in [7, 11) is -3.38. The maximum Gasteiger partial charge on any atom is 0.243 e. The molecule has 0 aromatic heterocycles. The molecule has 1 atom stereocenters. The molecule has 0 unspecified atom stereocenters. The van der Waals surface area contributed by atoms with Gasteiger partial charge in [0.25, 0.3) is 0 Å². The summed E-state index contributed by atoms with van der Waals surface area (Å²) in [6.07, 6.45) is 3.84. The normalized spacial score (nSPS) is 24.7. The summed E-state index contributed by atoms with van der Waals surface area (Å²) < 4.78 is 33.6. The van der Waals surface area contributed by atoms with Gasteiger partial charge in [-0.05, 0) is 43.5 Å². The molecule has 2 saturated heterocycles. The molecule has 0 bridgehead atoms. The Morgan fingerprint density at radius 1 is 1.09 bits per heavy atom. The van der Waals surface area contributed by atoms with E-state index in [9.17, 15) is 8.42 Å².